The SMILES string of the molecule is C=C(F)C(=O)N1CCN(c2c(C#N)c(OC[C@@H]3CCCN3C)nc3c2CCN(c2c(F)c(Cl)cc4c2N(C)CCO4)C3)C[C@@H]1CC#N. The molecule has 0 saturated carbocycles. The van der Waals surface area contributed by atoms with E-state index in [9.17, 15) is 19.7 Å². The lowest BCUT2D eigenvalue weighted by atomic mass is 9.96. The van der Waals surface area contributed by atoms with Gasteiger partial charge in [-0.15, -0.1) is 0 Å². The number of pyridine rings is 1. The van der Waals surface area contributed by atoms with Crippen LogP contribution in [0, 0.1) is 28.5 Å². The second kappa shape index (κ2) is 13.4. The van der Waals surface area contributed by atoms with E-state index in [1.165, 1.54) is 11.0 Å². The molecule has 0 spiro atoms. The zero-order valence-corrected chi connectivity index (χ0v) is 27.3. The molecule has 0 bridgehead atoms. The van der Waals surface area contributed by atoms with E-state index in [0.29, 0.717) is 67.8 Å². The second-order valence-electron chi connectivity index (χ2n) is 12.4. The number of carbonyl (C=O) groups is 1. The van der Waals surface area contributed by atoms with Crippen LogP contribution in [-0.4, -0.2) is 99.4 Å². The molecule has 4 aliphatic rings. The van der Waals surface area contributed by atoms with Gasteiger partial charge in [0.15, 0.2) is 11.6 Å². The Labute approximate surface area is 278 Å². The van der Waals surface area contributed by atoms with Crippen LogP contribution in [0.2, 0.25) is 5.02 Å². The van der Waals surface area contributed by atoms with Crippen LogP contribution in [0.1, 0.15) is 36.1 Å². The number of benzene rings is 1. The van der Waals surface area contributed by atoms with Crippen molar-refractivity contribution >= 4 is 34.6 Å². The molecule has 14 heteroatoms. The van der Waals surface area contributed by atoms with Crippen LogP contribution in [0.4, 0.5) is 25.8 Å². The zero-order chi connectivity index (χ0) is 33.4. The third kappa shape index (κ3) is 6.10. The smallest absolute Gasteiger partial charge is 0.282 e. The predicted octanol–water partition coefficient (Wildman–Crippen LogP) is 4.02. The molecular formula is C33H37ClF2N8O3. The van der Waals surface area contributed by atoms with Gasteiger partial charge in [-0.25, -0.2) is 13.8 Å². The number of rotatable bonds is 7. The minimum atomic E-state index is -1.08. The van der Waals surface area contributed by atoms with E-state index >= 15 is 4.39 Å². The fourth-order valence-electron chi connectivity index (χ4n) is 7.16. The molecule has 0 radical (unpaired) electrons. The summed E-state index contributed by atoms with van der Waals surface area (Å²) in [5, 5.41) is 20.1. The number of halogens is 3. The van der Waals surface area contributed by atoms with E-state index in [4.69, 9.17) is 26.1 Å². The number of nitrogens with zero attached hydrogens (tertiary/aromatic N) is 8. The van der Waals surface area contributed by atoms with Crippen LogP contribution in [-0.2, 0) is 17.8 Å². The average Bonchev–Trinajstić information content (AvgIpc) is 3.47. The lowest BCUT2D eigenvalue weighted by Crippen LogP contribution is -2.55. The molecule has 2 aromatic rings. The number of fused-ring (bicyclic) bond motifs is 2. The first kappa shape index (κ1) is 32.6. The van der Waals surface area contributed by atoms with Gasteiger partial charge in [0, 0.05) is 50.9 Å². The first-order valence-corrected chi connectivity index (χ1v) is 16.2. The molecule has 0 unspecified atom stereocenters. The first-order chi connectivity index (χ1) is 22.6. The van der Waals surface area contributed by atoms with Gasteiger partial charge in [0.2, 0.25) is 5.88 Å². The summed E-state index contributed by atoms with van der Waals surface area (Å²) in [7, 11) is 3.93. The van der Waals surface area contributed by atoms with Crippen molar-refractivity contribution in [2.45, 2.75) is 44.3 Å². The van der Waals surface area contributed by atoms with Crippen molar-refractivity contribution in [1.29, 1.82) is 10.5 Å². The zero-order valence-electron chi connectivity index (χ0n) is 26.6. The van der Waals surface area contributed by atoms with Gasteiger partial charge < -0.3 is 34.0 Å². The highest BCUT2D eigenvalue weighted by atomic mass is 35.5. The second-order valence-corrected chi connectivity index (χ2v) is 12.8. The van der Waals surface area contributed by atoms with Crippen molar-refractivity contribution < 1.29 is 23.0 Å². The van der Waals surface area contributed by atoms with E-state index in [1.807, 2.05) is 28.8 Å². The van der Waals surface area contributed by atoms with Gasteiger partial charge in [-0.05, 0) is 32.9 Å². The van der Waals surface area contributed by atoms with Crippen LogP contribution >= 0.6 is 11.6 Å². The number of ether oxygens (including phenoxy) is 2. The van der Waals surface area contributed by atoms with Gasteiger partial charge in [-0.1, -0.05) is 18.2 Å². The van der Waals surface area contributed by atoms with E-state index in [2.05, 4.69) is 23.6 Å². The number of anilines is 3. The highest BCUT2D eigenvalue weighted by Crippen LogP contribution is 2.47. The summed E-state index contributed by atoms with van der Waals surface area (Å²) in [6.45, 7) is 6.74. The molecule has 2 saturated heterocycles. The Morgan fingerprint density at radius 1 is 1.15 bits per heavy atom. The van der Waals surface area contributed by atoms with E-state index < -0.39 is 23.6 Å². The van der Waals surface area contributed by atoms with Gasteiger partial charge in [0.05, 0.1) is 48.0 Å². The number of likely N-dealkylation sites (N-methyl/N-ethyl adjacent to an activating group) is 2. The fraction of sp³-hybridized carbons (Fsp3) is 0.515. The Hall–Kier alpha value is -4.33. The van der Waals surface area contributed by atoms with E-state index in [0.717, 1.165) is 24.9 Å². The van der Waals surface area contributed by atoms with Crippen molar-refractivity contribution in [3.8, 4) is 23.8 Å². The van der Waals surface area contributed by atoms with Crippen molar-refractivity contribution in [1.82, 2.24) is 14.8 Å². The largest absolute Gasteiger partial charge is 0.489 e. The summed E-state index contributed by atoms with van der Waals surface area (Å²) in [5.41, 5.74) is 3.27. The molecular weight excluding hydrogens is 630 g/mol. The summed E-state index contributed by atoms with van der Waals surface area (Å²) < 4.78 is 41.9. The number of amides is 1. The number of aromatic nitrogens is 1. The molecule has 1 aromatic carbocycles. The van der Waals surface area contributed by atoms with E-state index in [-0.39, 0.29) is 48.6 Å². The maximum absolute atomic E-state index is 15.8. The topological polar surface area (TPSA) is 112 Å². The molecule has 47 heavy (non-hydrogen) atoms. The third-order valence-electron chi connectivity index (χ3n) is 9.62. The monoisotopic (exact) mass is 666 g/mol. The van der Waals surface area contributed by atoms with Gasteiger partial charge in [-0.3, -0.25) is 4.79 Å². The predicted molar refractivity (Wildman–Crippen MR) is 173 cm³/mol. The molecule has 0 N–H and O–H groups in total. The van der Waals surface area contributed by atoms with Crippen LogP contribution in [0.5, 0.6) is 11.6 Å². The lowest BCUT2D eigenvalue weighted by Gasteiger charge is -2.43. The number of nitriles is 2. The highest BCUT2D eigenvalue weighted by molar-refractivity contribution is 6.31. The molecule has 2 atom stereocenters. The maximum Gasteiger partial charge on any atom is 0.282 e. The van der Waals surface area contributed by atoms with Crippen molar-refractivity contribution in [2.75, 3.05) is 81.3 Å². The number of carbonyl (C=O) groups excluding carboxylic acids is 1. The lowest BCUT2D eigenvalue weighted by molar-refractivity contribution is -0.131. The van der Waals surface area contributed by atoms with Gasteiger partial charge >= 0.3 is 0 Å². The average molecular weight is 667 g/mol. The van der Waals surface area contributed by atoms with E-state index in [1.54, 1.807) is 0 Å². The van der Waals surface area contributed by atoms with Crippen LogP contribution < -0.4 is 24.2 Å². The Bertz CT molecular complexity index is 1680. The number of piperazine rings is 1. The Morgan fingerprint density at radius 3 is 2.66 bits per heavy atom. The summed E-state index contributed by atoms with van der Waals surface area (Å²) in [6, 6.07) is 5.49. The summed E-state index contributed by atoms with van der Waals surface area (Å²) in [5.74, 6) is -1.78. The fourth-order valence-corrected chi connectivity index (χ4v) is 7.35. The molecule has 1 amide bonds. The molecule has 2 fully saturated rings. The minimum absolute atomic E-state index is 0.0232. The minimum Gasteiger partial charge on any atom is -0.489 e. The van der Waals surface area contributed by atoms with Crippen LogP contribution in [0.3, 0.4) is 0 Å². The van der Waals surface area contributed by atoms with Crippen LogP contribution in [0.15, 0.2) is 18.5 Å². The molecule has 6 rings (SSSR count). The number of hydrogen-bond acceptors (Lipinski definition) is 10. The highest BCUT2D eigenvalue weighted by Gasteiger charge is 2.37. The number of likely N-dealkylation sites (tertiary alicyclic amines) is 1. The molecule has 11 nitrogen and oxygen atoms in total. The van der Waals surface area contributed by atoms with Gasteiger partial charge in [0.25, 0.3) is 5.91 Å². The summed E-state index contributed by atoms with van der Waals surface area (Å²) in [6.07, 6.45) is 2.41. The Balaban J connectivity index is 1.41. The van der Waals surface area contributed by atoms with Gasteiger partial charge in [-0.2, -0.15) is 10.5 Å². The molecule has 5 heterocycles. The Kier molecular flexibility index (Phi) is 9.31. The van der Waals surface area contributed by atoms with Crippen LogP contribution in [0.25, 0.3) is 0 Å². The molecule has 0 aliphatic carbocycles. The molecule has 248 valence electrons. The van der Waals surface area contributed by atoms with Gasteiger partial charge in [0.1, 0.15) is 42.0 Å². The maximum atomic E-state index is 15.8. The standard InChI is InChI=1S/C33H37ClF2N8O3/c1-20(35)33(45)44-12-11-43(17-21(44)6-8-37)29-23-7-10-42(31-28(36)25(34)15-27-30(31)41(3)13-14-46-27)18-26(23)39-32(24(29)16-38)47-19-22-5-4-9-40(22)2/h15,21-22H,1,4-7,9-14,17-19H2,2-3H3/t21-,22-/m0/s1. The number of hydrogen-bond donors (Lipinski definition) is 0. The van der Waals surface area contributed by atoms with Crippen molar-refractivity contribution in [3.63, 3.8) is 0 Å². The molecule has 1 aromatic heterocycles. The van der Waals surface area contributed by atoms with Crippen molar-refractivity contribution in [3.05, 3.63) is 46.1 Å². The quantitative estimate of drug-likeness (QED) is 0.402. The molecule has 4 aliphatic heterocycles. The summed E-state index contributed by atoms with van der Waals surface area (Å²) >= 11 is 6.36. The summed E-state index contributed by atoms with van der Waals surface area (Å²) in [4.78, 5) is 26.9. The first-order valence-electron chi connectivity index (χ1n) is 15.8. The van der Waals surface area contributed by atoms with Crippen molar-refractivity contribution in [2.24, 2.45) is 0 Å². The third-order valence-corrected chi connectivity index (χ3v) is 9.90. The normalized spacial score (nSPS) is 21.0. The Morgan fingerprint density at radius 2 is 1.96 bits per heavy atom.